The van der Waals surface area contributed by atoms with Crippen LogP contribution in [0.1, 0.15) is 12.5 Å². The Morgan fingerprint density at radius 1 is 1.35 bits per heavy atom. The minimum absolute atomic E-state index is 0.277. The standard InChI is InChI=1S/C16H17N5O2/c1-2-21-11-18-20-15(21)13-4-3-5-14(8-13)19-16(22)17-9-12-6-7-23-10-12/h3-8,10-11H,2,9H2,1H3,(H2,17,19,22). The molecule has 0 aliphatic rings. The lowest BCUT2D eigenvalue weighted by Crippen LogP contribution is -2.27. The van der Waals surface area contributed by atoms with Crippen LogP contribution >= 0.6 is 0 Å². The average molecular weight is 311 g/mol. The summed E-state index contributed by atoms with van der Waals surface area (Å²) in [6, 6.07) is 9.03. The van der Waals surface area contributed by atoms with E-state index >= 15 is 0 Å². The van der Waals surface area contributed by atoms with E-state index in [9.17, 15) is 4.79 Å². The van der Waals surface area contributed by atoms with Crippen molar-refractivity contribution in [2.45, 2.75) is 20.0 Å². The van der Waals surface area contributed by atoms with Crippen LogP contribution in [0.4, 0.5) is 10.5 Å². The summed E-state index contributed by atoms with van der Waals surface area (Å²) in [5.74, 6) is 0.773. The van der Waals surface area contributed by atoms with Gasteiger partial charge >= 0.3 is 6.03 Å². The molecule has 2 heterocycles. The number of furan rings is 1. The van der Waals surface area contributed by atoms with E-state index in [1.165, 1.54) is 0 Å². The zero-order valence-corrected chi connectivity index (χ0v) is 12.7. The molecule has 2 amide bonds. The molecular formula is C16H17N5O2. The van der Waals surface area contributed by atoms with E-state index in [0.717, 1.165) is 23.5 Å². The monoisotopic (exact) mass is 311 g/mol. The van der Waals surface area contributed by atoms with Gasteiger partial charge in [-0.3, -0.25) is 0 Å². The third-order valence-electron chi connectivity index (χ3n) is 3.37. The molecule has 7 heteroatoms. The van der Waals surface area contributed by atoms with Crippen LogP contribution in [0.25, 0.3) is 11.4 Å². The summed E-state index contributed by atoms with van der Waals surface area (Å²) < 4.78 is 6.90. The van der Waals surface area contributed by atoms with Gasteiger partial charge in [0.15, 0.2) is 5.82 Å². The van der Waals surface area contributed by atoms with Gasteiger partial charge in [-0.15, -0.1) is 10.2 Å². The summed E-state index contributed by atoms with van der Waals surface area (Å²) in [4.78, 5) is 11.9. The van der Waals surface area contributed by atoms with Crippen LogP contribution in [0.3, 0.4) is 0 Å². The van der Waals surface area contributed by atoms with E-state index in [0.29, 0.717) is 12.2 Å². The van der Waals surface area contributed by atoms with Crippen LogP contribution in [0.5, 0.6) is 0 Å². The van der Waals surface area contributed by atoms with Crippen molar-refractivity contribution in [3.63, 3.8) is 0 Å². The average Bonchev–Trinajstić information content (AvgIpc) is 3.24. The second-order valence-corrected chi connectivity index (χ2v) is 4.96. The minimum atomic E-state index is -0.277. The number of aryl methyl sites for hydroxylation is 1. The maximum absolute atomic E-state index is 11.9. The molecule has 2 aromatic heterocycles. The predicted molar refractivity (Wildman–Crippen MR) is 85.7 cm³/mol. The Kier molecular flexibility index (Phi) is 4.37. The molecule has 23 heavy (non-hydrogen) atoms. The number of rotatable bonds is 5. The van der Waals surface area contributed by atoms with E-state index in [4.69, 9.17) is 4.42 Å². The first kappa shape index (κ1) is 14.8. The van der Waals surface area contributed by atoms with Gasteiger partial charge in [0, 0.05) is 29.9 Å². The quantitative estimate of drug-likeness (QED) is 0.758. The molecule has 0 saturated carbocycles. The maximum Gasteiger partial charge on any atom is 0.319 e. The Bertz CT molecular complexity index is 779. The van der Waals surface area contributed by atoms with Gasteiger partial charge in [-0.1, -0.05) is 12.1 Å². The van der Waals surface area contributed by atoms with Crippen molar-refractivity contribution >= 4 is 11.7 Å². The second-order valence-electron chi connectivity index (χ2n) is 4.96. The Morgan fingerprint density at radius 3 is 3.04 bits per heavy atom. The van der Waals surface area contributed by atoms with Gasteiger partial charge < -0.3 is 19.6 Å². The molecule has 0 fully saturated rings. The molecule has 0 aliphatic carbocycles. The van der Waals surface area contributed by atoms with Crippen molar-refractivity contribution < 1.29 is 9.21 Å². The fourth-order valence-corrected chi connectivity index (χ4v) is 2.20. The van der Waals surface area contributed by atoms with Gasteiger partial charge in [-0.2, -0.15) is 0 Å². The lowest BCUT2D eigenvalue weighted by molar-refractivity contribution is 0.251. The third kappa shape index (κ3) is 3.57. The highest BCUT2D eigenvalue weighted by Gasteiger charge is 2.08. The molecule has 0 saturated heterocycles. The Hall–Kier alpha value is -3.09. The fourth-order valence-electron chi connectivity index (χ4n) is 2.20. The van der Waals surface area contributed by atoms with Crippen LogP contribution in [0.2, 0.25) is 0 Å². The molecule has 0 bridgehead atoms. The van der Waals surface area contributed by atoms with Gasteiger partial charge in [0.25, 0.3) is 0 Å². The SMILES string of the molecule is CCn1cnnc1-c1cccc(NC(=O)NCc2ccoc2)c1. The van der Waals surface area contributed by atoms with Crippen molar-refractivity contribution in [3.8, 4) is 11.4 Å². The first-order valence-electron chi connectivity index (χ1n) is 7.30. The number of aromatic nitrogens is 3. The molecule has 2 N–H and O–H groups in total. The number of anilines is 1. The largest absolute Gasteiger partial charge is 0.472 e. The fraction of sp³-hybridized carbons (Fsp3) is 0.188. The lowest BCUT2D eigenvalue weighted by atomic mass is 10.2. The molecule has 0 atom stereocenters. The summed E-state index contributed by atoms with van der Waals surface area (Å²) in [6.45, 7) is 3.22. The van der Waals surface area contributed by atoms with Crippen molar-refractivity contribution in [1.29, 1.82) is 0 Å². The van der Waals surface area contributed by atoms with Crippen LogP contribution < -0.4 is 10.6 Å². The normalized spacial score (nSPS) is 10.5. The minimum Gasteiger partial charge on any atom is -0.472 e. The predicted octanol–water partition coefficient (Wildman–Crippen LogP) is 2.88. The van der Waals surface area contributed by atoms with Gasteiger partial charge in [0.1, 0.15) is 6.33 Å². The molecular weight excluding hydrogens is 294 g/mol. The lowest BCUT2D eigenvalue weighted by Gasteiger charge is -2.09. The highest BCUT2D eigenvalue weighted by Crippen LogP contribution is 2.20. The van der Waals surface area contributed by atoms with Crippen LogP contribution in [0.15, 0.2) is 53.6 Å². The molecule has 0 unspecified atom stereocenters. The maximum atomic E-state index is 11.9. The van der Waals surface area contributed by atoms with Crippen molar-refractivity contribution in [2.75, 3.05) is 5.32 Å². The first-order chi connectivity index (χ1) is 11.3. The van der Waals surface area contributed by atoms with Crippen molar-refractivity contribution in [3.05, 3.63) is 54.7 Å². The van der Waals surface area contributed by atoms with Gasteiger partial charge in [-0.05, 0) is 25.1 Å². The van der Waals surface area contributed by atoms with Gasteiger partial charge in [0.05, 0.1) is 12.5 Å². The number of carbonyl (C=O) groups excluding carboxylic acids is 1. The third-order valence-corrected chi connectivity index (χ3v) is 3.37. The van der Waals surface area contributed by atoms with E-state index in [-0.39, 0.29) is 6.03 Å². The van der Waals surface area contributed by atoms with E-state index in [1.54, 1.807) is 24.9 Å². The number of hydrogen-bond acceptors (Lipinski definition) is 4. The second kappa shape index (κ2) is 6.78. The Morgan fingerprint density at radius 2 is 2.26 bits per heavy atom. The summed E-state index contributed by atoms with van der Waals surface area (Å²) in [5, 5.41) is 13.6. The van der Waals surface area contributed by atoms with Gasteiger partial charge in [-0.25, -0.2) is 4.79 Å². The number of nitrogens with one attached hydrogen (secondary N) is 2. The summed E-state index contributed by atoms with van der Waals surface area (Å²) in [7, 11) is 0. The summed E-state index contributed by atoms with van der Waals surface area (Å²) in [6.07, 6.45) is 4.85. The topological polar surface area (TPSA) is 85.0 Å². The number of benzene rings is 1. The van der Waals surface area contributed by atoms with E-state index < -0.39 is 0 Å². The summed E-state index contributed by atoms with van der Waals surface area (Å²) in [5.41, 5.74) is 2.50. The Balaban J connectivity index is 1.66. The number of urea groups is 1. The molecule has 118 valence electrons. The Labute approximate surface area is 133 Å². The van der Waals surface area contributed by atoms with Crippen LogP contribution in [0, 0.1) is 0 Å². The number of hydrogen-bond donors (Lipinski definition) is 2. The van der Waals surface area contributed by atoms with Crippen LogP contribution in [-0.2, 0) is 13.1 Å². The summed E-state index contributed by atoms with van der Waals surface area (Å²) >= 11 is 0. The smallest absolute Gasteiger partial charge is 0.319 e. The number of nitrogens with zero attached hydrogens (tertiary/aromatic N) is 3. The molecule has 1 aromatic carbocycles. The molecule has 7 nitrogen and oxygen atoms in total. The molecule has 0 spiro atoms. The number of carbonyl (C=O) groups is 1. The molecule has 0 radical (unpaired) electrons. The number of amides is 2. The zero-order chi connectivity index (χ0) is 16.1. The van der Waals surface area contributed by atoms with Crippen molar-refractivity contribution in [1.82, 2.24) is 20.1 Å². The first-order valence-corrected chi connectivity index (χ1v) is 7.30. The van der Waals surface area contributed by atoms with E-state index in [2.05, 4.69) is 20.8 Å². The highest BCUT2D eigenvalue weighted by molar-refractivity contribution is 5.89. The zero-order valence-electron chi connectivity index (χ0n) is 12.7. The molecule has 3 aromatic rings. The van der Waals surface area contributed by atoms with E-state index in [1.807, 2.05) is 35.8 Å². The molecule has 3 rings (SSSR count). The molecule has 0 aliphatic heterocycles. The van der Waals surface area contributed by atoms with Crippen molar-refractivity contribution in [2.24, 2.45) is 0 Å². The highest BCUT2D eigenvalue weighted by atomic mass is 16.3. The van der Waals surface area contributed by atoms with Gasteiger partial charge in [0.2, 0.25) is 0 Å². The van der Waals surface area contributed by atoms with Crippen LogP contribution in [-0.4, -0.2) is 20.8 Å².